The molecule has 1 unspecified atom stereocenters. The number of hydrogen-bond donors (Lipinski definition) is 1. The summed E-state index contributed by atoms with van der Waals surface area (Å²) in [6.07, 6.45) is 0.295. The first kappa shape index (κ1) is 22.1. The highest BCUT2D eigenvalue weighted by Crippen LogP contribution is 2.49. The van der Waals surface area contributed by atoms with Crippen LogP contribution in [0.15, 0.2) is 36.7 Å². The van der Waals surface area contributed by atoms with Gasteiger partial charge in [-0.05, 0) is 50.5 Å². The number of nitrogens with zero attached hydrogens (tertiary/aromatic N) is 4. The van der Waals surface area contributed by atoms with Crippen molar-refractivity contribution in [2.75, 3.05) is 24.5 Å². The largest absolute Gasteiger partial charge is 0.490 e. The van der Waals surface area contributed by atoms with Crippen LogP contribution in [0, 0.1) is 0 Å². The van der Waals surface area contributed by atoms with Crippen LogP contribution in [-0.4, -0.2) is 62.9 Å². The first-order chi connectivity index (χ1) is 15.0. The van der Waals surface area contributed by atoms with Crippen LogP contribution in [0.2, 0.25) is 0 Å². The molecule has 2 aliphatic heterocycles. The highest BCUT2D eigenvalue weighted by molar-refractivity contribution is 5.88. The minimum Gasteiger partial charge on any atom is -0.475 e. The van der Waals surface area contributed by atoms with Crippen LogP contribution in [0.4, 0.5) is 23.2 Å². The van der Waals surface area contributed by atoms with Crippen molar-refractivity contribution in [1.29, 1.82) is 0 Å². The van der Waals surface area contributed by atoms with E-state index in [0.717, 1.165) is 30.2 Å². The number of likely N-dealkylation sites (tertiary alicyclic amines) is 1. The highest BCUT2D eigenvalue weighted by Gasteiger charge is 2.57. The Morgan fingerprint density at radius 1 is 1.19 bits per heavy atom. The smallest absolute Gasteiger partial charge is 0.475 e. The van der Waals surface area contributed by atoms with E-state index < -0.39 is 17.8 Å². The molecule has 5 rings (SSSR count). The molecule has 1 amide bonds. The lowest BCUT2D eigenvalue weighted by molar-refractivity contribution is -0.192. The number of carbonyl (C=O) groups is 2. The molecule has 1 atom stereocenters. The minimum atomic E-state index is -5.08. The molecule has 0 aromatic carbocycles. The van der Waals surface area contributed by atoms with Crippen LogP contribution >= 0.6 is 0 Å². The molecule has 2 aromatic heterocycles. The average molecular weight is 454 g/mol. The second-order valence-corrected chi connectivity index (χ2v) is 8.13. The quantitative estimate of drug-likeness (QED) is 0.705. The van der Waals surface area contributed by atoms with Crippen molar-refractivity contribution in [1.82, 2.24) is 14.5 Å². The normalized spacial score (nSPS) is 22.7. The number of carboxylic acids is 1. The fourth-order valence-electron chi connectivity index (χ4n) is 4.57. The standard InChI is InChI=1S/C19H21FN4O.C2HF3O2/c1-2-24-14-5-3-10-21-16(14)23-11-4-6-15(23)19(24)9-12-22(13-19)17(25)18(20)7-8-18;3-2(4,5)1(6)7/h3-6,10-11H,2,7-9,12-13H2,1H3;(H,6,7). The molecule has 2 fully saturated rings. The molecule has 2 aromatic rings. The van der Waals surface area contributed by atoms with E-state index in [1.807, 2.05) is 18.3 Å². The fraction of sp³-hybridized carbons (Fsp3) is 0.476. The highest BCUT2D eigenvalue weighted by atomic mass is 19.4. The number of halogens is 4. The number of aliphatic carboxylic acids is 1. The molecule has 0 radical (unpaired) electrons. The number of carboxylic acid groups (broad SMARTS) is 1. The number of hydrogen-bond acceptors (Lipinski definition) is 4. The SMILES string of the molecule is CCN1c2cccnc2-n2cccc2C12CCN(C(=O)C1(F)CC1)C2.O=C(O)C(F)(F)F. The van der Waals surface area contributed by atoms with Gasteiger partial charge in [-0.3, -0.25) is 4.79 Å². The van der Waals surface area contributed by atoms with Crippen molar-refractivity contribution >= 4 is 17.6 Å². The van der Waals surface area contributed by atoms with Gasteiger partial charge in [0.15, 0.2) is 11.5 Å². The molecule has 3 aliphatic rings. The maximum Gasteiger partial charge on any atom is 0.490 e. The summed E-state index contributed by atoms with van der Waals surface area (Å²) in [5.74, 6) is -2.16. The lowest BCUT2D eigenvalue weighted by atomic mass is 9.89. The Balaban J connectivity index is 0.000000307. The topological polar surface area (TPSA) is 78.7 Å². The van der Waals surface area contributed by atoms with Crippen molar-refractivity contribution < 1.29 is 32.3 Å². The number of aromatic nitrogens is 2. The third-order valence-electron chi connectivity index (χ3n) is 6.19. The van der Waals surface area contributed by atoms with Gasteiger partial charge < -0.3 is 19.5 Å². The Kier molecular flexibility index (Phi) is 5.17. The summed E-state index contributed by atoms with van der Waals surface area (Å²) >= 11 is 0. The molecule has 1 saturated carbocycles. The zero-order valence-electron chi connectivity index (χ0n) is 17.3. The Hall–Kier alpha value is -3.11. The molecule has 4 heterocycles. The summed E-state index contributed by atoms with van der Waals surface area (Å²) in [4.78, 5) is 30.1. The van der Waals surface area contributed by atoms with E-state index in [1.165, 1.54) is 0 Å². The van der Waals surface area contributed by atoms with Gasteiger partial charge in [0, 0.05) is 32.0 Å². The Bertz CT molecular complexity index is 1050. The number of amides is 1. The van der Waals surface area contributed by atoms with E-state index in [0.29, 0.717) is 25.9 Å². The molecule has 1 aliphatic carbocycles. The molecule has 11 heteroatoms. The van der Waals surface area contributed by atoms with Gasteiger partial charge >= 0.3 is 12.1 Å². The number of fused-ring (bicyclic) bond motifs is 4. The van der Waals surface area contributed by atoms with Gasteiger partial charge in [0.2, 0.25) is 0 Å². The Morgan fingerprint density at radius 2 is 1.88 bits per heavy atom. The second kappa shape index (κ2) is 7.49. The summed E-state index contributed by atoms with van der Waals surface area (Å²) in [6.45, 7) is 4.07. The molecule has 1 saturated heterocycles. The van der Waals surface area contributed by atoms with Crippen LogP contribution in [-0.2, 0) is 15.1 Å². The average Bonchev–Trinajstić information content (AvgIpc) is 3.16. The third kappa shape index (κ3) is 3.49. The van der Waals surface area contributed by atoms with E-state index in [4.69, 9.17) is 9.90 Å². The van der Waals surface area contributed by atoms with Gasteiger partial charge in [-0.2, -0.15) is 13.2 Å². The number of alkyl halides is 4. The predicted octanol–water partition coefficient (Wildman–Crippen LogP) is 3.28. The van der Waals surface area contributed by atoms with Crippen LogP contribution in [0.1, 0.15) is 31.9 Å². The molecular weight excluding hydrogens is 432 g/mol. The Morgan fingerprint density at radius 3 is 2.47 bits per heavy atom. The number of rotatable bonds is 2. The third-order valence-corrected chi connectivity index (χ3v) is 6.19. The lowest BCUT2D eigenvalue weighted by Gasteiger charge is -2.46. The maximum atomic E-state index is 14.3. The van der Waals surface area contributed by atoms with Crippen LogP contribution in [0.5, 0.6) is 0 Å². The van der Waals surface area contributed by atoms with Crippen molar-refractivity contribution in [3.05, 3.63) is 42.4 Å². The zero-order valence-corrected chi connectivity index (χ0v) is 17.3. The number of carbonyl (C=O) groups excluding carboxylic acids is 1. The van der Waals surface area contributed by atoms with E-state index in [9.17, 15) is 22.4 Å². The van der Waals surface area contributed by atoms with E-state index in [-0.39, 0.29) is 11.4 Å². The monoisotopic (exact) mass is 454 g/mol. The summed E-state index contributed by atoms with van der Waals surface area (Å²) in [5, 5.41) is 7.12. The Labute approximate surface area is 181 Å². The second-order valence-electron chi connectivity index (χ2n) is 8.13. The van der Waals surface area contributed by atoms with Crippen molar-refractivity contribution in [2.24, 2.45) is 0 Å². The van der Waals surface area contributed by atoms with E-state index >= 15 is 0 Å². The van der Waals surface area contributed by atoms with Gasteiger partial charge in [-0.1, -0.05) is 0 Å². The minimum absolute atomic E-state index is 0.310. The molecular formula is C21H22F4N4O3. The summed E-state index contributed by atoms with van der Waals surface area (Å²) < 4.78 is 48.2. The lowest BCUT2D eigenvalue weighted by Crippen LogP contribution is -2.53. The molecule has 7 nitrogen and oxygen atoms in total. The summed E-state index contributed by atoms with van der Waals surface area (Å²) in [7, 11) is 0. The van der Waals surface area contributed by atoms with Crippen molar-refractivity contribution in [3.8, 4) is 5.82 Å². The van der Waals surface area contributed by atoms with Crippen LogP contribution in [0.25, 0.3) is 5.82 Å². The van der Waals surface area contributed by atoms with Crippen LogP contribution in [0.3, 0.4) is 0 Å². The fourth-order valence-corrected chi connectivity index (χ4v) is 4.57. The van der Waals surface area contributed by atoms with Crippen LogP contribution < -0.4 is 4.90 Å². The van der Waals surface area contributed by atoms with Gasteiger partial charge in [0.05, 0.1) is 16.9 Å². The number of likely N-dealkylation sites (N-methyl/N-ethyl adjacent to an activating group) is 1. The van der Waals surface area contributed by atoms with Gasteiger partial charge in [0.25, 0.3) is 5.91 Å². The van der Waals surface area contributed by atoms with Gasteiger partial charge in [-0.15, -0.1) is 0 Å². The maximum absolute atomic E-state index is 14.3. The van der Waals surface area contributed by atoms with Gasteiger partial charge in [-0.25, -0.2) is 14.2 Å². The molecule has 0 bridgehead atoms. The predicted molar refractivity (Wildman–Crippen MR) is 106 cm³/mol. The first-order valence-corrected chi connectivity index (χ1v) is 10.2. The molecule has 1 N–H and O–H groups in total. The first-order valence-electron chi connectivity index (χ1n) is 10.2. The van der Waals surface area contributed by atoms with Crippen molar-refractivity contribution in [2.45, 2.75) is 43.6 Å². The molecule has 1 spiro atoms. The zero-order chi connectivity index (χ0) is 23.3. The summed E-state index contributed by atoms with van der Waals surface area (Å²) in [6, 6.07) is 8.16. The molecule has 32 heavy (non-hydrogen) atoms. The molecule has 172 valence electrons. The van der Waals surface area contributed by atoms with Crippen molar-refractivity contribution in [3.63, 3.8) is 0 Å². The van der Waals surface area contributed by atoms with Gasteiger partial charge in [0.1, 0.15) is 0 Å². The number of anilines is 1. The number of pyridine rings is 1. The van der Waals surface area contributed by atoms with E-state index in [1.54, 1.807) is 11.1 Å². The van der Waals surface area contributed by atoms with E-state index in [2.05, 4.69) is 33.5 Å². The summed E-state index contributed by atoms with van der Waals surface area (Å²) in [5.41, 5.74) is 0.303.